The monoisotopic (exact) mass is 451 g/mol. The second-order valence-corrected chi connectivity index (χ2v) is 8.39. The Kier molecular flexibility index (Phi) is 6.76. The van der Waals surface area contributed by atoms with E-state index in [9.17, 15) is 18.8 Å². The molecule has 0 bridgehead atoms. The first-order valence-corrected chi connectivity index (χ1v) is 11.1. The number of aldehydes is 1. The van der Waals surface area contributed by atoms with Crippen molar-refractivity contribution in [1.29, 1.82) is 0 Å². The van der Waals surface area contributed by atoms with Crippen LogP contribution < -0.4 is 10.9 Å². The van der Waals surface area contributed by atoms with Crippen LogP contribution in [0, 0.1) is 18.7 Å². The number of nitrogens with one attached hydrogen (secondary N) is 2. The summed E-state index contributed by atoms with van der Waals surface area (Å²) in [5, 5.41) is 2.66. The number of nitrogens with zero attached hydrogens (tertiary/aromatic N) is 3. The van der Waals surface area contributed by atoms with Crippen LogP contribution in [0.3, 0.4) is 0 Å². The normalized spacial score (nSPS) is 13.6. The number of allylic oxidation sites excluding steroid dienone is 2. The van der Waals surface area contributed by atoms with Crippen molar-refractivity contribution in [2.75, 3.05) is 5.32 Å². The number of unbranched alkanes of at least 4 members (excludes halogenated alkanes) is 1. The minimum atomic E-state index is -0.500. The molecule has 1 aliphatic carbocycles. The lowest BCUT2D eigenvalue weighted by Gasteiger charge is -2.11. The number of hydrogen-bond acceptors (Lipinski definition) is 5. The standard InChI is InChI=1S/C24H26FN5O3/c1-15-7-10-18(27-21(32)6-4-2-3-5-11-31)24(33)30(15)14-20-28-22-17(25)13-26-19(23(22)29-20)12-16-8-9-16/h3,5,7,10-11,13,16H,2,4,6,8-9,12,14H2,1H3,(H,27,32)(H,28,29)/b5-3+. The summed E-state index contributed by atoms with van der Waals surface area (Å²) in [5.74, 6) is 0.262. The fourth-order valence-electron chi connectivity index (χ4n) is 3.75. The number of H-pyrrole nitrogens is 1. The second kappa shape index (κ2) is 9.89. The number of rotatable bonds is 10. The minimum absolute atomic E-state index is 0.113. The molecule has 33 heavy (non-hydrogen) atoms. The zero-order chi connectivity index (χ0) is 23.4. The molecule has 0 aliphatic heterocycles. The van der Waals surface area contributed by atoms with Gasteiger partial charge < -0.3 is 14.9 Å². The molecular weight excluding hydrogens is 425 g/mol. The molecule has 8 nitrogen and oxygen atoms in total. The number of carbonyl (C=O) groups excluding carboxylic acids is 2. The number of aromatic amines is 1. The van der Waals surface area contributed by atoms with Gasteiger partial charge in [0, 0.05) is 12.1 Å². The van der Waals surface area contributed by atoms with E-state index in [1.165, 1.54) is 16.8 Å². The third-order valence-electron chi connectivity index (χ3n) is 5.74. The molecular formula is C24H26FN5O3. The Morgan fingerprint density at radius 2 is 2.18 bits per heavy atom. The maximum absolute atomic E-state index is 14.3. The predicted molar refractivity (Wildman–Crippen MR) is 123 cm³/mol. The molecule has 0 spiro atoms. The van der Waals surface area contributed by atoms with Crippen LogP contribution in [0.1, 0.15) is 49.3 Å². The van der Waals surface area contributed by atoms with E-state index in [1.54, 1.807) is 25.1 Å². The van der Waals surface area contributed by atoms with E-state index in [-0.39, 0.29) is 35.6 Å². The fourth-order valence-corrected chi connectivity index (χ4v) is 3.75. The van der Waals surface area contributed by atoms with Gasteiger partial charge in [0.25, 0.3) is 5.56 Å². The summed E-state index contributed by atoms with van der Waals surface area (Å²) < 4.78 is 15.8. The summed E-state index contributed by atoms with van der Waals surface area (Å²) in [6, 6.07) is 3.32. The molecule has 0 unspecified atom stereocenters. The van der Waals surface area contributed by atoms with Gasteiger partial charge in [-0.25, -0.2) is 9.37 Å². The Morgan fingerprint density at radius 3 is 2.94 bits per heavy atom. The van der Waals surface area contributed by atoms with Crippen LogP contribution in [0.4, 0.5) is 10.1 Å². The van der Waals surface area contributed by atoms with Crippen molar-refractivity contribution in [3.63, 3.8) is 0 Å². The number of aromatic nitrogens is 4. The lowest BCUT2D eigenvalue weighted by atomic mass is 10.2. The number of amides is 1. The summed E-state index contributed by atoms with van der Waals surface area (Å²) >= 11 is 0. The molecule has 3 aromatic rings. The summed E-state index contributed by atoms with van der Waals surface area (Å²) in [6.07, 6.45) is 9.48. The number of hydrogen-bond donors (Lipinski definition) is 2. The van der Waals surface area contributed by atoms with E-state index in [0.29, 0.717) is 42.1 Å². The smallest absolute Gasteiger partial charge is 0.274 e. The van der Waals surface area contributed by atoms with Crippen LogP contribution in [-0.2, 0) is 22.6 Å². The second-order valence-electron chi connectivity index (χ2n) is 8.39. The van der Waals surface area contributed by atoms with Gasteiger partial charge in [0.15, 0.2) is 5.82 Å². The highest BCUT2D eigenvalue weighted by Gasteiger charge is 2.24. The van der Waals surface area contributed by atoms with Gasteiger partial charge in [-0.3, -0.25) is 19.4 Å². The molecule has 1 aliphatic rings. The Balaban J connectivity index is 1.52. The molecule has 3 aromatic heterocycles. The van der Waals surface area contributed by atoms with Gasteiger partial charge in [-0.05, 0) is 63.2 Å². The van der Waals surface area contributed by atoms with Crippen LogP contribution in [0.15, 0.2) is 35.3 Å². The van der Waals surface area contributed by atoms with Crippen molar-refractivity contribution in [3.8, 4) is 0 Å². The first-order chi connectivity index (χ1) is 16.0. The van der Waals surface area contributed by atoms with E-state index in [4.69, 9.17) is 0 Å². The number of halogens is 1. The van der Waals surface area contributed by atoms with Gasteiger partial charge in [-0.15, -0.1) is 0 Å². The molecule has 2 N–H and O–H groups in total. The number of fused-ring (bicyclic) bond motifs is 1. The average Bonchev–Trinajstić information content (AvgIpc) is 3.50. The van der Waals surface area contributed by atoms with Crippen LogP contribution in [-0.4, -0.2) is 31.7 Å². The van der Waals surface area contributed by atoms with Crippen molar-refractivity contribution in [3.05, 3.63) is 63.9 Å². The lowest BCUT2D eigenvalue weighted by Crippen LogP contribution is -2.27. The van der Waals surface area contributed by atoms with Crippen molar-refractivity contribution in [2.24, 2.45) is 5.92 Å². The molecule has 1 saturated carbocycles. The average molecular weight is 452 g/mol. The van der Waals surface area contributed by atoms with Gasteiger partial charge in [0.1, 0.15) is 23.3 Å². The van der Waals surface area contributed by atoms with Gasteiger partial charge in [-0.2, -0.15) is 0 Å². The van der Waals surface area contributed by atoms with E-state index >= 15 is 0 Å². The topological polar surface area (TPSA) is 110 Å². The number of imidazole rings is 1. The van der Waals surface area contributed by atoms with E-state index in [2.05, 4.69) is 20.3 Å². The van der Waals surface area contributed by atoms with Crippen molar-refractivity contribution in [2.45, 2.75) is 52.0 Å². The third-order valence-corrected chi connectivity index (χ3v) is 5.74. The molecule has 9 heteroatoms. The van der Waals surface area contributed by atoms with Gasteiger partial charge in [0.2, 0.25) is 5.91 Å². The highest BCUT2D eigenvalue weighted by Crippen LogP contribution is 2.33. The zero-order valence-corrected chi connectivity index (χ0v) is 18.4. The Labute approximate surface area is 189 Å². The quantitative estimate of drug-likeness (QED) is 0.279. The third kappa shape index (κ3) is 5.42. The molecule has 0 atom stereocenters. The van der Waals surface area contributed by atoms with Gasteiger partial charge >= 0.3 is 0 Å². The largest absolute Gasteiger partial charge is 0.339 e. The molecule has 0 radical (unpaired) electrons. The maximum atomic E-state index is 14.3. The molecule has 1 amide bonds. The zero-order valence-electron chi connectivity index (χ0n) is 18.4. The van der Waals surface area contributed by atoms with Crippen LogP contribution in [0.5, 0.6) is 0 Å². The predicted octanol–water partition coefficient (Wildman–Crippen LogP) is 3.43. The molecule has 4 rings (SSSR count). The van der Waals surface area contributed by atoms with Crippen molar-refractivity contribution < 1.29 is 14.0 Å². The highest BCUT2D eigenvalue weighted by molar-refractivity contribution is 5.90. The SMILES string of the molecule is Cc1ccc(NC(=O)CCC/C=C/C=O)c(=O)n1Cc1nc2c(F)cnc(CC3CC3)c2[nH]1. The van der Waals surface area contributed by atoms with Gasteiger partial charge in [0.05, 0.1) is 24.0 Å². The van der Waals surface area contributed by atoms with Crippen LogP contribution in [0.25, 0.3) is 11.0 Å². The first-order valence-electron chi connectivity index (χ1n) is 11.1. The summed E-state index contributed by atoms with van der Waals surface area (Å²) in [4.78, 5) is 47.3. The van der Waals surface area contributed by atoms with E-state index in [1.807, 2.05) is 0 Å². The van der Waals surface area contributed by atoms with Gasteiger partial charge in [-0.1, -0.05) is 6.08 Å². The Bertz CT molecular complexity index is 1270. The number of carbonyl (C=O) groups is 2. The summed E-state index contributed by atoms with van der Waals surface area (Å²) in [6.45, 7) is 1.90. The molecule has 3 heterocycles. The number of aryl methyl sites for hydroxylation is 1. The summed E-state index contributed by atoms with van der Waals surface area (Å²) in [7, 11) is 0. The Hall–Kier alpha value is -3.62. The lowest BCUT2D eigenvalue weighted by molar-refractivity contribution is -0.116. The minimum Gasteiger partial charge on any atom is -0.339 e. The van der Waals surface area contributed by atoms with E-state index < -0.39 is 5.82 Å². The van der Waals surface area contributed by atoms with E-state index in [0.717, 1.165) is 25.0 Å². The summed E-state index contributed by atoms with van der Waals surface area (Å²) in [5.41, 5.74) is 2.11. The fraction of sp³-hybridized carbons (Fsp3) is 0.375. The molecule has 0 aromatic carbocycles. The molecule has 0 saturated heterocycles. The van der Waals surface area contributed by atoms with Crippen molar-refractivity contribution in [1.82, 2.24) is 19.5 Å². The maximum Gasteiger partial charge on any atom is 0.274 e. The number of anilines is 1. The highest BCUT2D eigenvalue weighted by atomic mass is 19.1. The van der Waals surface area contributed by atoms with Crippen LogP contribution >= 0.6 is 0 Å². The Morgan fingerprint density at radius 1 is 1.36 bits per heavy atom. The first kappa shape index (κ1) is 22.6. The molecule has 172 valence electrons. The van der Waals surface area contributed by atoms with Crippen LogP contribution in [0.2, 0.25) is 0 Å². The number of pyridine rings is 2. The molecule has 1 fully saturated rings. The van der Waals surface area contributed by atoms with Crippen molar-refractivity contribution >= 4 is 28.9 Å².